The minimum absolute atomic E-state index is 0. The van der Waals surface area contributed by atoms with E-state index >= 15 is 0 Å². The lowest BCUT2D eigenvalue weighted by atomic mass is 10.1. The Hall–Kier alpha value is -0.860. The minimum atomic E-state index is 0. The third-order valence-electron chi connectivity index (χ3n) is 5.28. The van der Waals surface area contributed by atoms with E-state index in [-0.39, 0.29) is 5.48 Å². The fraction of sp³-hybridized carbons (Fsp3) is 0.714. The van der Waals surface area contributed by atoms with Crippen LogP contribution < -0.4 is 4.48 Å². The van der Waals surface area contributed by atoms with E-state index in [0.29, 0.717) is 0 Å². The molecule has 134 valence electrons. The van der Waals surface area contributed by atoms with Gasteiger partial charge in [-0.3, -0.25) is 4.48 Å². The molecule has 1 rings (SSSR count). The molecular formula is C21H39NO. The molecule has 0 aliphatic heterocycles. The van der Waals surface area contributed by atoms with E-state index in [1.807, 2.05) is 0 Å². The molecule has 0 fully saturated rings. The average molecular weight is 322 g/mol. The molecule has 0 heterocycles. The SMILES string of the molecule is CCCCCCCCCC[N+](CC)(CC)c1ccccc1C.[OH-]. The number of quaternary nitrogens is 1. The first kappa shape index (κ1) is 22.1. The van der Waals surface area contributed by atoms with Gasteiger partial charge in [-0.25, -0.2) is 0 Å². The number of hydrogen-bond acceptors (Lipinski definition) is 1. The molecule has 0 aliphatic carbocycles. The number of unbranched alkanes of at least 4 members (excludes halogenated alkanes) is 7. The number of para-hydroxylation sites is 1. The van der Waals surface area contributed by atoms with Crippen molar-refractivity contribution in [2.45, 2.75) is 79.1 Å². The molecule has 0 aliphatic rings. The van der Waals surface area contributed by atoms with Gasteiger partial charge in [-0.1, -0.05) is 63.6 Å². The zero-order valence-electron chi connectivity index (χ0n) is 16.0. The Morgan fingerprint density at radius 2 is 1.26 bits per heavy atom. The molecule has 1 aromatic carbocycles. The predicted octanol–water partition coefficient (Wildman–Crippen LogP) is 6.31. The van der Waals surface area contributed by atoms with Gasteiger partial charge in [0.15, 0.2) is 0 Å². The highest BCUT2D eigenvalue weighted by molar-refractivity contribution is 5.49. The van der Waals surface area contributed by atoms with Gasteiger partial charge in [-0.15, -0.1) is 0 Å². The topological polar surface area (TPSA) is 30.0 Å². The molecule has 0 saturated heterocycles. The van der Waals surface area contributed by atoms with Crippen LogP contribution in [0.3, 0.4) is 0 Å². The molecular weight excluding hydrogens is 282 g/mol. The lowest BCUT2D eigenvalue weighted by Crippen LogP contribution is -2.50. The number of aryl methyl sites for hydroxylation is 1. The monoisotopic (exact) mass is 321 g/mol. The van der Waals surface area contributed by atoms with Crippen molar-refractivity contribution in [1.29, 1.82) is 0 Å². The maximum Gasteiger partial charge on any atom is 0.135 e. The Labute approximate surface area is 144 Å². The van der Waals surface area contributed by atoms with E-state index in [2.05, 4.69) is 52.0 Å². The van der Waals surface area contributed by atoms with Gasteiger partial charge in [0.05, 0.1) is 19.6 Å². The first-order chi connectivity index (χ1) is 10.7. The van der Waals surface area contributed by atoms with Gasteiger partial charge in [0.1, 0.15) is 5.69 Å². The molecule has 0 bridgehead atoms. The Balaban J connectivity index is 0.00000484. The fourth-order valence-corrected chi connectivity index (χ4v) is 3.64. The summed E-state index contributed by atoms with van der Waals surface area (Å²) < 4.78 is 1.16. The minimum Gasteiger partial charge on any atom is -0.870 e. The summed E-state index contributed by atoms with van der Waals surface area (Å²) >= 11 is 0. The van der Waals surface area contributed by atoms with Gasteiger partial charge < -0.3 is 5.48 Å². The molecule has 0 atom stereocenters. The first-order valence-electron chi connectivity index (χ1n) is 9.62. The Morgan fingerprint density at radius 1 is 0.739 bits per heavy atom. The van der Waals surface area contributed by atoms with Crippen LogP contribution in [0.25, 0.3) is 0 Å². The van der Waals surface area contributed by atoms with Gasteiger partial charge >= 0.3 is 0 Å². The predicted molar refractivity (Wildman–Crippen MR) is 103 cm³/mol. The maximum absolute atomic E-state index is 2.35. The number of rotatable bonds is 12. The lowest BCUT2D eigenvalue weighted by Gasteiger charge is -2.37. The van der Waals surface area contributed by atoms with Crippen LogP contribution in [0.1, 0.15) is 77.7 Å². The summed E-state index contributed by atoms with van der Waals surface area (Å²) in [5.41, 5.74) is 2.99. The van der Waals surface area contributed by atoms with Crippen molar-refractivity contribution in [3.8, 4) is 0 Å². The summed E-state index contributed by atoms with van der Waals surface area (Å²) in [6.07, 6.45) is 11.3. The van der Waals surface area contributed by atoms with Gasteiger partial charge in [-0.2, -0.15) is 0 Å². The summed E-state index contributed by atoms with van der Waals surface area (Å²) in [5, 5.41) is 0. The van der Waals surface area contributed by atoms with Gasteiger partial charge in [0.25, 0.3) is 0 Å². The Bertz CT molecular complexity index is 399. The molecule has 0 radical (unpaired) electrons. The van der Waals surface area contributed by atoms with E-state index in [1.54, 1.807) is 0 Å². The molecule has 0 saturated carbocycles. The molecule has 1 N–H and O–H groups in total. The average Bonchev–Trinajstić information content (AvgIpc) is 2.55. The second-order valence-electron chi connectivity index (χ2n) is 6.76. The van der Waals surface area contributed by atoms with Crippen molar-refractivity contribution in [1.82, 2.24) is 4.48 Å². The Kier molecular flexibility index (Phi) is 12.1. The molecule has 2 nitrogen and oxygen atoms in total. The van der Waals surface area contributed by atoms with Crippen molar-refractivity contribution in [3.05, 3.63) is 29.8 Å². The zero-order chi connectivity index (χ0) is 16.3. The van der Waals surface area contributed by atoms with Crippen molar-refractivity contribution in [2.75, 3.05) is 19.6 Å². The summed E-state index contributed by atoms with van der Waals surface area (Å²) in [7, 11) is 0. The van der Waals surface area contributed by atoms with E-state index in [4.69, 9.17) is 0 Å². The van der Waals surface area contributed by atoms with Crippen molar-refractivity contribution >= 4 is 5.69 Å². The quantitative estimate of drug-likeness (QED) is 0.328. The van der Waals surface area contributed by atoms with Crippen molar-refractivity contribution in [2.24, 2.45) is 0 Å². The second-order valence-corrected chi connectivity index (χ2v) is 6.76. The van der Waals surface area contributed by atoms with Gasteiger partial charge in [0.2, 0.25) is 0 Å². The molecule has 1 aromatic rings. The third-order valence-corrected chi connectivity index (χ3v) is 5.28. The van der Waals surface area contributed by atoms with Gasteiger partial charge in [-0.05, 0) is 39.7 Å². The largest absolute Gasteiger partial charge is 0.870 e. The smallest absolute Gasteiger partial charge is 0.135 e. The van der Waals surface area contributed by atoms with Crippen LogP contribution in [0.2, 0.25) is 0 Å². The van der Waals surface area contributed by atoms with Crippen LogP contribution in [-0.2, 0) is 0 Å². The molecule has 2 heteroatoms. The molecule has 0 unspecified atom stereocenters. The molecule has 0 amide bonds. The summed E-state index contributed by atoms with van der Waals surface area (Å²) in [5.74, 6) is 0. The molecule has 0 aromatic heterocycles. The zero-order valence-corrected chi connectivity index (χ0v) is 16.0. The summed E-state index contributed by atoms with van der Waals surface area (Å²) in [6.45, 7) is 13.0. The summed E-state index contributed by atoms with van der Waals surface area (Å²) in [6, 6.07) is 8.97. The highest BCUT2D eigenvalue weighted by Crippen LogP contribution is 2.27. The van der Waals surface area contributed by atoms with Gasteiger partial charge in [0, 0.05) is 5.56 Å². The van der Waals surface area contributed by atoms with Crippen LogP contribution in [0.4, 0.5) is 5.69 Å². The van der Waals surface area contributed by atoms with E-state index in [9.17, 15) is 0 Å². The standard InChI is InChI=1S/C21H38N.H2O/c1-5-8-9-10-11-12-13-16-19-22(6-2,7-3)21-18-15-14-17-20(21)4;/h14-15,17-18H,5-13,16,19H2,1-4H3;1H2/q+1;/p-1. The fourth-order valence-electron chi connectivity index (χ4n) is 3.64. The lowest BCUT2D eigenvalue weighted by molar-refractivity contribution is 0.290. The van der Waals surface area contributed by atoms with Crippen LogP contribution >= 0.6 is 0 Å². The van der Waals surface area contributed by atoms with Crippen molar-refractivity contribution in [3.63, 3.8) is 0 Å². The number of nitrogens with zero attached hydrogens (tertiary/aromatic N) is 1. The van der Waals surface area contributed by atoms with Crippen LogP contribution in [0.15, 0.2) is 24.3 Å². The van der Waals surface area contributed by atoms with Crippen LogP contribution in [-0.4, -0.2) is 25.1 Å². The number of benzene rings is 1. The van der Waals surface area contributed by atoms with Crippen LogP contribution in [0, 0.1) is 6.92 Å². The third kappa shape index (κ3) is 7.05. The van der Waals surface area contributed by atoms with E-state index in [0.717, 1.165) is 4.48 Å². The second kappa shape index (κ2) is 12.5. The van der Waals surface area contributed by atoms with Crippen LogP contribution in [0.5, 0.6) is 0 Å². The van der Waals surface area contributed by atoms with E-state index < -0.39 is 0 Å². The van der Waals surface area contributed by atoms with Crippen molar-refractivity contribution < 1.29 is 5.48 Å². The normalized spacial score (nSPS) is 11.3. The highest BCUT2D eigenvalue weighted by atomic mass is 16.0. The maximum atomic E-state index is 2.35. The highest BCUT2D eigenvalue weighted by Gasteiger charge is 2.27. The van der Waals surface area contributed by atoms with E-state index in [1.165, 1.54) is 82.3 Å². The first-order valence-corrected chi connectivity index (χ1v) is 9.62. The number of hydrogen-bond donors (Lipinski definition) is 0. The molecule has 0 spiro atoms. The Morgan fingerprint density at radius 3 is 1.78 bits per heavy atom. The molecule has 23 heavy (non-hydrogen) atoms. The summed E-state index contributed by atoms with van der Waals surface area (Å²) in [4.78, 5) is 0.